The van der Waals surface area contributed by atoms with Crippen molar-refractivity contribution >= 4 is 0 Å². The van der Waals surface area contributed by atoms with Gasteiger partial charge < -0.3 is 10.1 Å². The smallest absolute Gasteiger partial charge is 0.371 e. The Bertz CT molecular complexity index is 295. The molecule has 126 valence electrons. The first-order valence-corrected chi connectivity index (χ1v) is 7.81. The minimum Gasteiger partial charge on any atom is -0.371 e. The van der Waals surface area contributed by atoms with E-state index in [0.29, 0.717) is 30.5 Å². The van der Waals surface area contributed by atoms with Gasteiger partial charge in [0.15, 0.2) is 0 Å². The minimum absolute atomic E-state index is 0.138. The van der Waals surface area contributed by atoms with Gasteiger partial charge in [0, 0.05) is 31.7 Å². The Balaban J connectivity index is 2.45. The van der Waals surface area contributed by atoms with Crippen LogP contribution in [0.15, 0.2) is 0 Å². The molecule has 0 bridgehead atoms. The predicted molar refractivity (Wildman–Crippen MR) is 78.3 cm³/mol. The third-order valence-corrected chi connectivity index (χ3v) is 3.90. The van der Waals surface area contributed by atoms with Crippen LogP contribution in [-0.4, -0.2) is 56.0 Å². The highest BCUT2D eigenvalue weighted by Gasteiger charge is 2.30. The first kappa shape index (κ1) is 18.7. The van der Waals surface area contributed by atoms with Gasteiger partial charge in [0.1, 0.15) is 6.61 Å². The van der Waals surface area contributed by atoms with E-state index in [4.69, 9.17) is 4.74 Å². The summed E-state index contributed by atoms with van der Waals surface area (Å²) in [4.78, 5) is 2.29. The largest absolute Gasteiger partial charge is 0.411 e. The molecule has 2 atom stereocenters. The third kappa shape index (κ3) is 7.47. The van der Waals surface area contributed by atoms with Gasteiger partial charge in [-0.1, -0.05) is 27.7 Å². The lowest BCUT2D eigenvalue weighted by molar-refractivity contribution is -0.175. The number of hydrogen-bond donors (Lipinski definition) is 1. The zero-order chi connectivity index (χ0) is 16.0. The number of rotatable bonds is 7. The standard InChI is InChI=1S/C15H29F3N2O/c1-11(2)7-13-8-19-14(12(3)4)9-20(13)5-6-21-10-15(16,17)18/h11-14,19H,5-10H2,1-4H3. The summed E-state index contributed by atoms with van der Waals surface area (Å²) >= 11 is 0. The second kappa shape index (κ2) is 8.34. The van der Waals surface area contributed by atoms with Crippen molar-refractivity contribution in [3.63, 3.8) is 0 Å². The molecule has 0 spiro atoms. The predicted octanol–water partition coefficient (Wildman–Crippen LogP) is 2.91. The molecule has 0 amide bonds. The topological polar surface area (TPSA) is 24.5 Å². The maximum absolute atomic E-state index is 12.1. The van der Waals surface area contributed by atoms with Crippen LogP contribution in [0.25, 0.3) is 0 Å². The van der Waals surface area contributed by atoms with Crippen LogP contribution in [0.5, 0.6) is 0 Å². The number of nitrogens with one attached hydrogen (secondary N) is 1. The molecule has 0 aromatic heterocycles. The van der Waals surface area contributed by atoms with E-state index in [1.54, 1.807) is 0 Å². The zero-order valence-corrected chi connectivity index (χ0v) is 13.5. The highest BCUT2D eigenvalue weighted by Crippen LogP contribution is 2.19. The molecule has 3 nitrogen and oxygen atoms in total. The zero-order valence-electron chi connectivity index (χ0n) is 13.5. The van der Waals surface area contributed by atoms with Crippen LogP contribution in [-0.2, 0) is 4.74 Å². The Kier molecular flexibility index (Phi) is 7.44. The fourth-order valence-corrected chi connectivity index (χ4v) is 2.75. The summed E-state index contributed by atoms with van der Waals surface area (Å²) in [5, 5.41) is 3.56. The molecular formula is C15H29F3N2O. The van der Waals surface area contributed by atoms with Crippen LogP contribution in [0.4, 0.5) is 13.2 Å². The van der Waals surface area contributed by atoms with E-state index >= 15 is 0 Å². The lowest BCUT2D eigenvalue weighted by Gasteiger charge is -2.42. The van der Waals surface area contributed by atoms with E-state index in [1.165, 1.54) is 0 Å². The molecule has 6 heteroatoms. The summed E-state index contributed by atoms with van der Waals surface area (Å²) in [6.07, 6.45) is -3.18. The van der Waals surface area contributed by atoms with Crippen molar-refractivity contribution in [2.75, 3.05) is 32.8 Å². The molecule has 1 saturated heterocycles. The maximum atomic E-state index is 12.1. The highest BCUT2D eigenvalue weighted by molar-refractivity contribution is 4.88. The van der Waals surface area contributed by atoms with Crippen LogP contribution in [0.3, 0.4) is 0 Å². The molecule has 1 aliphatic rings. The molecule has 1 aliphatic heterocycles. The summed E-state index contributed by atoms with van der Waals surface area (Å²) in [6.45, 7) is 10.0. The molecule has 1 fully saturated rings. The molecule has 1 rings (SSSR count). The van der Waals surface area contributed by atoms with E-state index in [1.807, 2.05) is 0 Å². The Morgan fingerprint density at radius 3 is 2.43 bits per heavy atom. The Hall–Kier alpha value is -0.330. The number of nitrogens with zero attached hydrogens (tertiary/aromatic N) is 1. The third-order valence-electron chi connectivity index (χ3n) is 3.90. The van der Waals surface area contributed by atoms with Crippen molar-refractivity contribution in [2.24, 2.45) is 11.8 Å². The average Bonchev–Trinajstić information content (AvgIpc) is 2.34. The molecule has 0 aromatic carbocycles. The number of hydrogen-bond acceptors (Lipinski definition) is 3. The van der Waals surface area contributed by atoms with Crippen LogP contribution < -0.4 is 5.32 Å². The molecule has 21 heavy (non-hydrogen) atoms. The van der Waals surface area contributed by atoms with Crippen LogP contribution in [0.1, 0.15) is 34.1 Å². The minimum atomic E-state index is -4.23. The quantitative estimate of drug-likeness (QED) is 0.732. The summed E-state index contributed by atoms with van der Waals surface area (Å²) in [6, 6.07) is 0.783. The van der Waals surface area contributed by atoms with E-state index in [9.17, 15) is 13.2 Å². The molecule has 1 N–H and O–H groups in total. The summed E-state index contributed by atoms with van der Waals surface area (Å²) in [7, 11) is 0. The molecule has 0 radical (unpaired) electrons. The van der Waals surface area contributed by atoms with Gasteiger partial charge in [-0.2, -0.15) is 13.2 Å². The summed E-state index contributed by atoms with van der Waals surface area (Å²) < 4.78 is 41.0. The second-order valence-electron chi connectivity index (χ2n) is 6.70. The van der Waals surface area contributed by atoms with Gasteiger partial charge in [-0.3, -0.25) is 4.90 Å². The van der Waals surface area contributed by atoms with E-state index in [-0.39, 0.29) is 6.61 Å². The van der Waals surface area contributed by atoms with E-state index < -0.39 is 12.8 Å². The first-order valence-electron chi connectivity index (χ1n) is 7.81. The van der Waals surface area contributed by atoms with Gasteiger partial charge in [0.2, 0.25) is 0 Å². The fraction of sp³-hybridized carbons (Fsp3) is 1.00. The Morgan fingerprint density at radius 1 is 1.24 bits per heavy atom. The number of ether oxygens (including phenoxy) is 1. The van der Waals surface area contributed by atoms with E-state index in [0.717, 1.165) is 19.5 Å². The molecule has 2 unspecified atom stereocenters. The van der Waals surface area contributed by atoms with Gasteiger partial charge >= 0.3 is 6.18 Å². The van der Waals surface area contributed by atoms with Gasteiger partial charge in [0.25, 0.3) is 0 Å². The monoisotopic (exact) mass is 310 g/mol. The van der Waals surface area contributed by atoms with Crippen molar-refractivity contribution in [1.29, 1.82) is 0 Å². The SMILES string of the molecule is CC(C)CC1CNC(C(C)C)CN1CCOCC(F)(F)F. The lowest BCUT2D eigenvalue weighted by atomic mass is 9.95. The molecular weight excluding hydrogens is 281 g/mol. The molecule has 0 aromatic rings. The van der Waals surface area contributed by atoms with Crippen molar-refractivity contribution in [3.8, 4) is 0 Å². The fourth-order valence-electron chi connectivity index (χ4n) is 2.75. The van der Waals surface area contributed by atoms with Crippen LogP contribution in [0, 0.1) is 11.8 Å². The van der Waals surface area contributed by atoms with Crippen molar-refractivity contribution in [3.05, 3.63) is 0 Å². The first-order chi connectivity index (χ1) is 9.69. The van der Waals surface area contributed by atoms with Gasteiger partial charge in [-0.05, 0) is 18.3 Å². The molecule has 0 saturated carbocycles. The Morgan fingerprint density at radius 2 is 1.90 bits per heavy atom. The number of alkyl halides is 3. The lowest BCUT2D eigenvalue weighted by Crippen LogP contribution is -2.58. The van der Waals surface area contributed by atoms with Gasteiger partial charge in [0.05, 0.1) is 6.61 Å². The Labute approximate surface area is 126 Å². The van der Waals surface area contributed by atoms with E-state index in [2.05, 4.69) is 37.9 Å². The summed E-state index contributed by atoms with van der Waals surface area (Å²) in [5.74, 6) is 1.09. The van der Waals surface area contributed by atoms with Crippen molar-refractivity contribution < 1.29 is 17.9 Å². The van der Waals surface area contributed by atoms with Crippen LogP contribution in [0.2, 0.25) is 0 Å². The van der Waals surface area contributed by atoms with Crippen molar-refractivity contribution in [2.45, 2.75) is 52.4 Å². The van der Waals surface area contributed by atoms with Crippen molar-refractivity contribution in [1.82, 2.24) is 10.2 Å². The number of piperazine rings is 1. The van der Waals surface area contributed by atoms with Crippen LogP contribution >= 0.6 is 0 Å². The second-order valence-corrected chi connectivity index (χ2v) is 6.70. The van der Waals surface area contributed by atoms with Gasteiger partial charge in [-0.15, -0.1) is 0 Å². The maximum Gasteiger partial charge on any atom is 0.411 e. The number of halogens is 3. The normalized spacial score (nSPS) is 25.0. The highest BCUT2D eigenvalue weighted by atomic mass is 19.4. The average molecular weight is 310 g/mol. The summed E-state index contributed by atoms with van der Waals surface area (Å²) in [5.41, 5.74) is 0. The molecule has 1 heterocycles. The van der Waals surface area contributed by atoms with Gasteiger partial charge in [-0.25, -0.2) is 0 Å². The molecule has 0 aliphatic carbocycles.